The zero-order valence-corrected chi connectivity index (χ0v) is 9.94. The van der Waals surface area contributed by atoms with Crippen molar-refractivity contribution in [1.82, 2.24) is 20.3 Å². The van der Waals surface area contributed by atoms with Gasteiger partial charge in [-0.1, -0.05) is 24.4 Å². The minimum atomic E-state index is 0.540. The minimum Gasteiger partial charge on any atom is -0.361 e. The number of nitrogens with zero attached hydrogens (tertiary/aromatic N) is 3. The van der Waals surface area contributed by atoms with Crippen molar-refractivity contribution in [3.8, 4) is 11.5 Å². The number of H-pyrrole nitrogens is 1. The van der Waals surface area contributed by atoms with Crippen molar-refractivity contribution >= 4 is 0 Å². The molecule has 1 fully saturated rings. The van der Waals surface area contributed by atoms with Crippen LogP contribution in [0.5, 0.6) is 0 Å². The molecule has 5 nitrogen and oxygen atoms in total. The highest BCUT2D eigenvalue weighted by Crippen LogP contribution is 2.31. The fraction of sp³-hybridized carbons (Fsp3) is 0.583. The molecule has 0 aliphatic heterocycles. The minimum absolute atomic E-state index is 0.540. The Morgan fingerprint density at radius 1 is 1.29 bits per heavy atom. The third-order valence-electron chi connectivity index (χ3n) is 3.35. The summed E-state index contributed by atoms with van der Waals surface area (Å²) in [4.78, 5) is 4.53. The average Bonchev–Trinajstić information content (AvgIpc) is 2.98. The molecule has 2 aromatic heterocycles. The van der Waals surface area contributed by atoms with Gasteiger partial charge in [-0.3, -0.25) is 5.10 Å². The Morgan fingerprint density at radius 3 is 2.82 bits per heavy atom. The molecule has 3 rings (SSSR count). The van der Waals surface area contributed by atoms with Crippen molar-refractivity contribution in [2.45, 2.75) is 44.9 Å². The molecule has 1 N–H and O–H groups in total. The molecule has 0 saturated heterocycles. The monoisotopic (exact) mass is 232 g/mol. The summed E-state index contributed by atoms with van der Waals surface area (Å²) < 4.78 is 5.03. The first-order valence-electron chi connectivity index (χ1n) is 6.19. The lowest BCUT2D eigenvalue weighted by Crippen LogP contribution is -2.06. The van der Waals surface area contributed by atoms with E-state index in [-0.39, 0.29) is 0 Å². The molecule has 2 heterocycles. The molecule has 5 heteroatoms. The maximum absolute atomic E-state index is 5.03. The summed E-state index contributed by atoms with van der Waals surface area (Å²) in [6.07, 6.45) is 6.37. The van der Waals surface area contributed by atoms with Gasteiger partial charge in [-0.25, -0.2) is 4.98 Å². The van der Waals surface area contributed by atoms with Gasteiger partial charge in [0.15, 0.2) is 5.69 Å². The van der Waals surface area contributed by atoms with Crippen LogP contribution in [-0.2, 0) is 0 Å². The predicted octanol–water partition coefficient (Wildman–Crippen LogP) is 2.82. The van der Waals surface area contributed by atoms with Crippen molar-refractivity contribution in [2.24, 2.45) is 0 Å². The van der Waals surface area contributed by atoms with Crippen LogP contribution < -0.4 is 0 Å². The normalized spacial score (nSPS) is 17.5. The second kappa shape index (κ2) is 4.31. The van der Waals surface area contributed by atoms with Gasteiger partial charge in [0.05, 0.1) is 0 Å². The van der Waals surface area contributed by atoms with Gasteiger partial charge in [0, 0.05) is 12.0 Å². The van der Waals surface area contributed by atoms with Crippen LogP contribution >= 0.6 is 0 Å². The van der Waals surface area contributed by atoms with Crippen molar-refractivity contribution in [3.05, 3.63) is 17.7 Å². The zero-order valence-electron chi connectivity index (χ0n) is 9.94. The van der Waals surface area contributed by atoms with Gasteiger partial charge in [0.25, 0.3) is 0 Å². The Morgan fingerprint density at radius 2 is 2.12 bits per heavy atom. The SMILES string of the molecule is Cc1cc(-c2n[nH]c(C3CCCCC3)n2)no1. The first-order valence-corrected chi connectivity index (χ1v) is 6.19. The van der Waals surface area contributed by atoms with Crippen LogP contribution in [0.4, 0.5) is 0 Å². The third kappa shape index (κ3) is 2.09. The number of aromatic amines is 1. The highest BCUT2D eigenvalue weighted by molar-refractivity contribution is 5.47. The Balaban J connectivity index is 1.82. The number of nitrogens with one attached hydrogen (secondary N) is 1. The zero-order chi connectivity index (χ0) is 11.7. The second-order valence-corrected chi connectivity index (χ2v) is 4.70. The van der Waals surface area contributed by atoms with E-state index in [1.807, 2.05) is 13.0 Å². The molecule has 0 amide bonds. The molecule has 2 aromatic rings. The van der Waals surface area contributed by atoms with Crippen LogP contribution in [0.2, 0.25) is 0 Å². The molecule has 17 heavy (non-hydrogen) atoms. The first kappa shape index (κ1) is 10.5. The van der Waals surface area contributed by atoms with E-state index in [1.54, 1.807) is 0 Å². The van der Waals surface area contributed by atoms with E-state index in [1.165, 1.54) is 32.1 Å². The topological polar surface area (TPSA) is 67.6 Å². The summed E-state index contributed by atoms with van der Waals surface area (Å²) in [5.41, 5.74) is 0.709. The van der Waals surface area contributed by atoms with Crippen LogP contribution in [-0.4, -0.2) is 20.3 Å². The molecule has 90 valence electrons. The summed E-state index contributed by atoms with van der Waals surface area (Å²) in [5, 5.41) is 11.2. The number of hydrogen-bond donors (Lipinski definition) is 1. The Bertz CT molecular complexity index is 496. The summed E-state index contributed by atoms with van der Waals surface area (Å²) >= 11 is 0. The highest BCUT2D eigenvalue weighted by atomic mass is 16.5. The lowest BCUT2D eigenvalue weighted by molar-refractivity contribution is 0.399. The van der Waals surface area contributed by atoms with Crippen molar-refractivity contribution in [3.63, 3.8) is 0 Å². The van der Waals surface area contributed by atoms with Gasteiger partial charge in [-0.15, -0.1) is 0 Å². The smallest absolute Gasteiger partial charge is 0.203 e. The van der Waals surface area contributed by atoms with E-state index < -0.39 is 0 Å². The van der Waals surface area contributed by atoms with Crippen LogP contribution in [0.3, 0.4) is 0 Å². The number of rotatable bonds is 2. The van der Waals surface area contributed by atoms with Crippen molar-refractivity contribution < 1.29 is 4.52 Å². The van der Waals surface area contributed by atoms with E-state index in [2.05, 4.69) is 20.3 Å². The van der Waals surface area contributed by atoms with E-state index in [9.17, 15) is 0 Å². The summed E-state index contributed by atoms with van der Waals surface area (Å²) in [5.74, 6) is 2.96. The van der Waals surface area contributed by atoms with Crippen LogP contribution in [0.25, 0.3) is 11.5 Å². The van der Waals surface area contributed by atoms with Crippen molar-refractivity contribution in [1.29, 1.82) is 0 Å². The fourth-order valence-corrected chi connectivity index (χ4v) is 2.42. The van der Waals surface area contributed by atoms with Crippen molar-refractivity contribution in [2.75, 3.05) is 0 Å². The third-order valence-corrected chi connectivity index (χ3v) is 3.35. The number of aromatic nitrogens is 4. The number of hydrogen-bond acceptors (Lipinski definition) is 4. The molecular formula is C12H16N4O. The van der Waals surface area contributed by atoms with Gasteiger partial charge in [-0.05, 0) is 19.8 Å². The van der Waals surface area contributed by atoms with Gasteiger partial charge in [-0.2, -0.15) is 5.10 Å². The van der Waals surface area contributed by atoms with Crippen LogP contribution in [0.1, 0.15) is 49.6 Å². The average molecular weight is 232 g/mol. The molecule has 1 saturated carbocycles. The van der Waals surface area contributed by atoms with Crippen LogP contribution in [0.15, 0.2) is 10.6 Å². The van der Waals surface area contributed by atoms with E-state index >= 15 is 0 Å². The van der Waals surface area contributed by atoms with E-state index in [4.69, 9.17) is 4.52 Å². The van der Waals surface area contributed by atoms with E-state index in [0.717, 1.165) is 11.6 Å². The Kier molecular flexibility index (Phi) is 2.66. The molecular weight excluding hydrogens is 216 g/mol. The first-order chi connectivity index (χ1) is 8.33. The maximum atomic E-state index is 5.03. The molecule has 0 unspecified atom stereocenters. The van der Waals surface area contributed by atoms with E-state index in [0.29, 0.717) is 17.4 Å². The Labute approximate surface area is 99.6 Å². The molecule has 1 aliphatic rings. The van der Waals surface area contributed by atoms with Gasteiger partial charge in [0.2, 0.25) is 5.82 Å². The second-order valence-electron chi connectivity index (χ2n) is 4.70. The lowest BCUT2D eigenvalue weighted by Gasteiger charge is -2.18. The summed E-state index contributed by atoms with van der Waals surface area (Å²) in [7, 11) is 0. The largest absolute Gasteiger partial charge is 0.361 e. The van der Waals surface area contributed by atoms with Crippen LogP contribution in [0, 0.1) is 6.92 Å². The van der Waals surface area contributed by atoms with Gasteiger partial charge < -0.3 is 4.52 Å². The summed E-state index contributed by atoms with van der Waals surface area (Å²) in [6.45, 7) is 1.87. The molecule has 0 radical (unpaired) electrons. The standard InChI is InChI=1S/C12H16N4O/c1-8-7-10(16-17-8)12-13-11(14-15-12)9-5-3-2-4-6-9/h7,9H,2-6H2,1H3,(H,13,14,15). The molecule has 1 aliphatic carbocycles. The molecule has 0 bridgehead atoms. The maximum Gasteiger partial charge on any atom is 0.203 e. The fourth-order valence-electron chi connectivity index (χ4n) is 2.42. The Hall–Kier alpha value is -1.65. The molecule has 0 aromatic carbocycles. The van der Waals surface area contributed by atoms with Gasteiger partial charge in [0.1, 0.15) is 11.6 Å². The lowest BCUT2D eigenvalue weighted by atomic mass is 9.89. The molecule has 0 atom stereocenters. The van der Waals surface area contributed by atoms with Gasteiger partial charge >= 0.3 is 0 Å². The predicted molar refractivity (Wildman–Crippen MR) is 62.4 cm³/mol. The highest BCUT2D eigenvalue weighted by Gasteiger charge is 2.20. The quantitative estimate of drug-likeness (QED) is 0.864. The summed E-state index contributed by atoms with van der Waals surface area (Å²) in [6, 6.07) is 1.85. The molecule has 0 spiro atoms. The number of aryl methyl sites for hydroxylation is 1.